The van der Waals surface area contributed by atoms with Crippen LogP contribution in [-0.2, 0) is 0 Å². The first-order chi connectivity index (χ1) is 8.11. The molecule has 96 valence electrons. The van der Waals surface area contributed by atoms with Gasteiger partial charge in [-0.15, -0.1) is 11.3 Å². The summed E-state index contributed by atoms with van der Waals surface area (Å²) in [6, 6.07) is 0. The largest absolute Gasteiger partial charge is 0.330 e. The van der Waals surface area contributed by atoms with E-state index in [-0.39, 0.29) is 0 Å². The van der Waals surface area contributed by atoms with Crippen molar-refractivity contribution >= 4 is 11.3 Å². The maximum Gasteiger partial charge on any atom is 0.0977 e. The summed E-state index contributed by atoms with van der Waals surface area (Å²) in [4.78, 5) is 8.44. The number of thiazole rings is 1. The van der Waals surface area contributed by atoms with Gasteiger partial charge in [-0.25, -0.2) is 4.98 Å². The third-order valence-corrected chi connectivity index (χ3v) is 5.15. The van der Waals surface area contributed by atoms with Crippen LogP contribution in [0.1, 0.15) is 34.3 Å². The Morgan fingerprint density at radius 3 is 2.53 bits per heavy atom. The van der Waals surface area contributed by atoms with E-state index in [9.17, 15) is 0 Å². The maximum atomic E-state index is 5.98. The van der Waals surface area contributed by atoms with E-state index in [4.69, 9.17) is 10.7 Å². The van der Waals surface area contributed by atoms with Gasteiger partial charge in [-0.3, -0.25) is 0 Å². The molecule has 0 aromatic carbocycles. The van der Waals surface area contributed by atoms with Crippen molar-refractivity contribution in [1.82, 2.24) is 9.88 Å². The summed E-state index contributed by atoms with van der Waals surface area (Å²) in [5.41, 5.74) is 7.16. The highest BCUT2D eigenvalue weighted by Gasteiger charge is 2.27. The molecule has 0 amide bonds. The summed E-state index contributed by atoms with van der Waals surface area (Å²) in [6.07, 6.45) is 2.52. The Bertz CT molecular complexity index is 347. The standard InChI is InChI=1S/C13H23N3S/c1-9-10(2)17-13(15-9)12(8-14)11-4-6-16(3)7-5-11/h11-12H,4-8,14H2,1-3H3. The molecule has 3 nitrogen and oxygen atoms in total. The zero-order chi connectivity index (χ0) is 12.4. The Labute approximate surface area is 108 Å². The van der Waals surface area contributed by atoms with Gasteiger partial charge in [0.25, 0.3) is 0 Å². The molecule has 0 spiro atoms. The number of likely N-dealkylation sites (tertiary alicyclic amines) is 1. The van der Waals surface area contributed by atoms with Crippen LogP contribution in [0.15, 0.2) is 0 Å². The highest BCUT2D eigenvalue weighted by atomic mass is 32.1. The molecule has 1 aromatic rings. The van der Waals surface area contributed by atoms with Gasteiger partial charge >= 0.3 is 0 Å². The summed E-state index contributed by atoms with van der Waals surface area (Å²) in [6.45, 7) is 7.38. The van der Waals surface area contributed by atoms with E-state index in [0.29, 0.717) is 5.92 Å². The minimum atomic E-state index is 0.473. The molecule has 0 bridgehead atoms. The molecule has 0 saturated carbocycles. The number of aromatic nitrogens is 1. The molecule has 2 N–H and O–H groups in total. The topological polar surface area (TPSA) is 42.1 Å². The number of hydrogen-bond donors (Lipinski definition) is 1. The molecule has 2 heterocycles. The summed E-state index contributed by atoms with van der Waals surface area (Å²) >= 11 is 1.84. The molecule has 1 aliphatic heterocycles. The third-order valence-electron chi connectivity index (χ3n) is 3.95. The summed E-state index contributed by atoms with van der Waals surface area (Å²) in [5, 5.41) is 1.26. The van der Waals surface area contributed by atoms with Crippen LogP contribution in [0.4, 0.5) is 0 Å². The van der Waals surface area contributed by atoms with Gasteiger partial charge in [-0.05, 0) is 52.7 Å². The van der Waals surface area contributed by atoms with Gasteiger partial charge in [0.05, 0.1) is 10.7 Å². The van der Waals surface area contributed by atoms with E-state index in [1.165, 1.54) is 41.5 Å². The lowest BCUT2D eigenvalue weighted by Gasteiger charge is -2.33. The monoisotopic (exact) mass is 253 g/mol. The first-order valence-electron chi connectivity index (χ1n) is 6.44. The molecular weight excluding hydrogens is 230 g/mol. The second-order valence-electron chi connectivity index (χ2n) is 5.18. The molecule has 1 saturated heterocycles. The zero-order valence-electron chi connectivity index (χ0n) is 11.1. The fourth-order valence-electron chi connectivity index (χ4n) is 2.58. The molecule has 0 aliphatic carbocycles. The summed E-state index contributed by atoms with van der Waals surface area (Å²) in [7, 11) is 2.20. The fraction of sp³-hybridized carbons (Fsp3) is 0.769. The molecule has 17 heavy (non-hydrogen) atoms. The maximum absolute atomic E-state index is 5.98. The van der Waals surface area contributed by atoms with Crippen LogP contribution in [0.3, 0.4) is 0 Å². The van der Waals surface area contributed by atoms with Crippen LogP contribution in [0.5, 0.6) is 0 Å². The number of piperidine rings is 1. The number of hydrogen-bond acceptors (Lipinski definition) is 4. The lowest BCUT2D eigenvalue weighted by atomic mass is 9.85. The van der Waals surface area contributed by atoms with Crippen LogP contribution in [0, 0.1) is 19.8 Å². The van der Waals surface area contributed by atoms with E-state index in [0.717, 1.165) is 12.5 Å². The minimum Gasteiger partial charge on any atom is -0.330 e. The molecule has 4 heteroatoms. The third kappa shape index (κ3) is 2.87. The first kappa shape index (κ1) is 13.0. The van der Waals surface area contributed by atoms with Crippen molar-refractivity contribution in [3.8, 4) is 0 Å². The summed E-state index contributed by atoms with van der Waals surface area (Å²) < 4.78 is 0. The molecule has 1 aromatic heterocycles. The van der Waals surface area contributed by atoms with Crippen molar-refractivity contribution in [3.63, 3.8) is 0 Å². The Morgan fingerprint density at radius 1 is 1.41 bits per heavy atom. The predicted molar refractivity (Wildman–Crippen MR) is 73.6 cm³/mol. The van der Waals surface area contributed by atoms with Crippen molar-refractivity contribution in [2.45, 2.75) is 32.6 Å². The second-order valence-corrected chi connectivity index (χ2v) is 6.41. The number of nitrogens with two attached hydrogens (primary N) is 1. The molecule has 1 atom stereocenters. The van der Waals surface area contributed by atoms with Gasteiger partial charge in [0.1, 0.15) is 0 Å². The van der Waals surface area contributed by atoms with Gasteiger partial charge in [0.15, 0.2) is 0 Å². The van der Waals surface area contributed by atoms with Gasteiger partial charge in [0.2, 0.25) is 0 Å². The van der Waals surface area contributed by atoms with Gasteiger partial charge in [-0.1, -0.05) is 0 Å². The highest BCUT2D eigenvalue weighted by Crippen LogP contribution is 2.34. The smallest absolute Gasteiger partial charge is 0.0977 e. The van der Waals surface area contributed by atoms with Gasteiger partial charge in [-0.2, -0.15) is 0 Å². The van der Waals surface area contributed by atoms with Crippen molar-refractivity contribution in [3.05, 3.63) is 15.6 Å². The first-order valence-corrected chi connectivity index (χ1v) is 7.26. The average Bonchev–Trinajstić information content (AvgIpc) is 2.63. The molecular formula is C13H23N3S. The summed E-state index contributed by atoms with van der Waals surface area (Å²) in [5.74, 6) is 1.20. The molecule has 0 radical (unpaired) electrons. The van der Waals surface area contributed by atoms with Crippen molar-refractivity contribution in [1.29, 1.82) is 0 Å². The van der Waals surface area contributed by atoms with Crippen LogP contribution >= 0.6 is 11.3 Å². The predicted octanol–water partition coefficient (Wildman–Crippen LogP) is 2.14. The quantitative estimate of drug-likeness (QED) is 0.897. The van der Waals surface area contributed by atoms with Gasteiger partial charge < -0.3 is 10.6 Å². The van der Waals surface area contributed by atoms with E-state index < -0.39 is 0 Å². The second kappa shape index (κ2) is 5.46. The molecule has 1 fully saturated rings. The Balaban J connectivity index is 2.10. The molecule has 1 aliphatic rings. The molecule has 2 rings (SSSR count). The Hall–Kier alpha value is -0.450. The minimum absolute atomic E-state index is 0.473. The fourth-order valence-corrected chi connectivity index (χ4v) is 3.71. The van der Waals surface area contributed by atoms with E-state index in [1.807, 2.05) is 11.3 Å². The van der Waals surface area contributed by atoms with Crippen LogP contribution in [0.25, 0.3) is 0 Å². The number of nitrogens with zero attached hydrogens (tertiary/aromatic N) is 2. The van der Waals surface area contributed by atoms with Crippen molar-refractivity contribution < 1.29 is 0 Å². The normalized spacial score (nSPS) is 20.7. The Kier molecular flexibility index (Phi) is 4.17. The Morgan fingerprint density at radius 2 is 2.06 bits per heavy atom. The van der Waals surface area contributed by atoms with Gasteiger partial charge in [0, 0.05) is 17.3 Å². The SMILES string of the molecule is Cc1nc(C(CN)C2CCN(C)CC2)sc1C. The average molecular weight is 253 g/mol. The number of aryl methyl sites for hydroxylation is 2. The van der Waals surface area contributed by atoms with E-state index >= 15 is 0 Å². The van der Waals surface area contributed by atoms with Crippen LogP contribution < -0.4 is 5.73 Å². The van der Waals surface area contributed by atoms with E-state index in [1.54, 1.807) is 0 Å². The molecule has 1 unspecified atom stereocenters. The van der Waals surface area contributed by atoms with Crippen LogP contribution in [-0.4, -0.2) is 36.6 Å². The lowest BCUT2D eigenvalue weighted by Crippen LogP contribution is -2.34. The highest BCUT2D eigenvalue weighted by molar-refractivity contribution is 7.11. The van der Waals surface area contributed by atoms with Crippen LogP contribution in [0.2, 0.25) is 0 Å². The van der Waals surface area contributed by atoms with Crippen molar-refractivity contribution in [2.24, 2.45) is 11.7 Å². The lowest BCUT2D eigenvalue weighted by molar-refractivity contribution is 0.199. The van der Waals surface area contributed by atoms with Crippen molar-refractivity contribution in [2.75, 3.05) is 26.7 Å². The number of rotatable bonds is 3. The zero-order valence-corrected chi connectivity index (χ0v) is 11.9. The van der Waals surface area contributed by atoms with E-state index in [2.05, 4.69) is 25.8 Å².